The first-order valence-corrected chi connectivity index (χ1v) is 12.0. The second-order valence-corrected chi connectivity index (χ2v) is 9.13. The Morgan fingerprint density at radius 3 is 2.53 bits per heavy atom. The van der Waals surface area contributed by atoms with Crippen LogP contribution in [-0.2, 0) is 0 Å². The van der Waals surface area contributed by atoms with Gasteiger partial charge in [-0.3, -0.25) is 10.1 Å². The van der Waals surface area contributed by atoms with Crippen molar-refractivity contribution in [1.82, 2.24) is 10.3 Å². The standard InChI is InChI=1S/C29H18ClN3O2S/c30-24-10-4-7-21-22(24)8-3-9-23(21)28-32-25-16-20(13-14-26(25)35-28)31-29(36)33-27(34)19-12-11-17-5-1-2-6-18(17)15-19/h1-16H,(H2,31,33,34,36). The Morgan fingerprint density at radius 2 is 1.64 bits per heavy atom. The molecule has 1 heterocycles. The molecule has 5 aromatic carbocycles. The predicted octanol–water partition coefficient (Wildman–Crippen LogP) is 7.58. The van der Waals surface area contributed by atoms with Gasteiger partial charge in [0.2, 0.25) is 5.89 Å². The zero-order valence-corrected chi connectivity index (χ0v) is 20.4. The Balaban J connectivity index is 1.22. The third-order valence-corrected chi connectivity index (χ3v) is 6.52. The number of oxazole rings is 1. The van der Waals surface area contributed by atoms with Crippen LogP contribution in [0.25, 0.3) is 44.1 Å². The van der Waals surface area contributed by atoms with Crippen molar-refractivity contribution in [3.05, 3.63) is 108 Å². The van der Waals surface area contributed by atoms with Gasteiger partial charge in [-0.25, -0.2) is 4.98 Å². The maximum Gasteiger partial charge on any atom is 0.257 e. The van der Waals surface area contributed by atoms with Gasteiger partial charge in [-0.1, -0.05) is 66.2 Å². The number of anilines is 1. The summed E-state index contributed by atoms with van der Waals surface area (Å²) < 4.78 is 6.04. The number of fused-ring (bicyclic) bond motifs is 3. The maximum absolute atomic E-state index is 12.7. The molecule has 0 fully saturated rings. The molecule has 0 aliphatic heterocycles. The maximum atomic E-state index is 12.7. The fourth-order valence-electron chi connectivity index (χ4n) is 4.25. The van der Waals surface area contributed by atoms with E-state index in [0.29, 0.717) is 33.3 Å². The zero-order valence-electron chi connectivity index (χ0n) is 18.8. The van der Waals surface area contributed by atoms with Crippen molar-refractivity contribution in [3.8, 4) is 11.5 Å². The van der Waals surface area contributed by atoms with Crippen molar-refractivity contribution in [3.63, 3.8) is 0 Å². The molecular weight excluding hydrogens is 490 g/mol. The molecule has 5 nitrogen and oxygen atoms in total. The highest BCUT2D eigenvalue weighted by Gasteiger charge is 2.14. The fraction of sp³-hybridized carbons (Fsp3) is 0. The summed E-state index contributed by atoms with van der Waals surface area (Å²) in [7, 11) is 0. The Bertz CT molecular complexity index is 1810. The van der Waals surface area contributed by atoms with Crippen molar-refractivity contribution in [2.45, 2.75) is 0 Å². The van der Waals surface area contributed by atoms with Crippen molar-refractivity contribution >= 4 is 73.2 Å². The van der Waals surface area contributed by atoms with Gasteiger partial charge < -0.3 is 9.73 Å². The van der Waals surface area contributed by atoms with Gasteiger partial charge in [0.1, 0.15) is 5.52 Å². The summed E-state index contributed by atoms with van der Waals surface area (Å²) in [4.78, 5) is 17.4. The lowest BCUT2D eigenvalue weighted by Gasteiger charge is -2.10. The number of benzene rings is 5. The molecule has 0 aliphatic rings. The summed E-state index contributed by atoms with van der Waals surface area (Å²) in [6, 6.07) is 30.5. The molecule has 0 unspecified atom stereocenters. The van der Waals surface area contributed by atoms with Crippen LogP contribution in [0.1, 0.15) is 10.4 Å². The molecule has 6 aromatic rings. The van der Waals surface area contributed by atoms with E-state index in [4.69, 9.17) is 28.2 Å². The normalized spacial score (nSPS) is 11.1. The van der Waals surface area contributed by atoms with Crippen molar-refractivity contribution < 1.29 is 9.21 Å². The van der Waals surface area contributed by atoms with Crippen LogP contribution in [-0.4, -0.2) is 16.0 Å². The Hall–Kier alpha value is -4.26. The Labute approximate surface area is 216 Å². The lowest BCUT2D eigenvalue weighted by atomic mass is 10.0. The molecule has 0 spiro atoms. The monoisotopic (exact) mass is 507 g/mol. The van der Waals surface area contributed by atoms with Gasteiger partial charge in [-0.05, 0) is 70.8 Å². The number of nitrogens with zero attached hydrogens (tertiary/aromatic N) is 1. The van der Waals surface area contributed by atoms with Crippen LogP contribution >= 0.6 is 23.8 Å². The smallest absolute Gasteiger partial charge is 0.257 e. The van der Waals surface area contributed by atoms with Crippen LogP contribution in [0.5, 0.6) is 0 Å². The molecule has 0 bridgehead atoms. The molecule has 0 aliphatic carbocycles. The van der Waals surface area contributed by atoms with Gasteiger partial charge in [-0.15, -0.1) is 0 Å². The number of rotatable bonds is 3. The molecule has 0 saturated heterocycles. The largest absolute Gasteiger partial charge is 0.436 e. The molecule has 6 rings (SSSR count). The zero-order chi connectivity index (χ0) is 24.6. The van der Waals surface area contributed by atoms with Gasteiger partial charge in [-0.2, -0.15) is 0 Å². The number of nitrogens with one attached hydrogen (secondary N) is 2. The number of aromatic nitrogens is 1. The fourth-order valence-corrected chi connectivity index (χ4v) is 4.69. The van der Waals surface area contributed by atoms with Gasteiger partial charge in [0.15, 0.2) is 10.7 Å². The van der Waals surface area contributed by atoms with Crippen LogP contribution in [0, 0.1) is 0 Å². The quantitative estimate of drug-likeness (QED) is 0.242. The van der Waals surface area contributed by atoms with Crippen LogP contribution in [0.15, 0.2) is 101 Å². The van der Waals surface area contributed by atoms with E-state index in [1.165, 1.54) is 0 Å². The summed E-state index contributed by atoms with van der Waals surface area (Å²) in [5, 5.41) is 10.6. The molecule has 1 amide bonds. The average molecular weight is 508 g/mol. The van der Waals surface area contributed by atoms with Crippen LogP contribution in [0.3, 0.4) is 0 Å². The van der Waals surface area contributed by atoms with Crippen molar-refractivity contribution in [1.29, 1.82) is 0 Å². The highest BCUT2D eigenvalue weighted by atomic mass is 35.5. The summed E-state index contributed by atoms with van der Waals surface area (Å²) in [6.45, 7) is 0. The molecule has 1 aromatic heterocycles. The van der Waals surface area contributed by atoms with Crippen LogP contribution in [0.2, 0.25) is 5.02 Å². The van der Waals surface area contributed by atoms with E-state index in [-0.39, 0.29) is 11.0 Å². The van der Waals surface area contributed by atoms with Crippen LogP contribution < -0.4 is 10.6 Å². The highest BCUT2D eigenvalue weighted by Crippen LogP contribution is 2.34. The molecule has 0 radical (unpaired) electrons. The van der Waals surface area contributed by atoms with E-state index < -0.39 is 0 Å². The molecule has 0 atom stereocenters. The van der Waals surface area contributed by atoms with Gasteiger partial charge in [0, 0.05) is 27.2 Å². The van der Waals surface area contributed by atoms with E-state index in [9.17, 15) is 4.79 Å². The summed E-state index contributed by atoms with van der Waals surface area (Å²) >= 11 is 11.7. The van der Waals surface area contributed by atoms with Crippen molar-refractivity contribution in [2.24, 2.45) is 0 Å². The topological polar surface area (TPSA) is 67.2 Å². The molecular formula is C29H18ClN3O2S. The third kappa shape index (κ3) is 4.17. The van der Waals surface area contributed by atoms with E-state index in [0.717, 1.165) is 27.1 Å². The first-order chi connectivity index (χ1) is 17.5. The van der Waals surface area contributed by atoms with E-state index in [2.05, 4.69) is 15.6 Å². The molecule has 2 N–H and O–H groups in total. The van der Waals surface area contributed by atoms with Gasteiger partial charge >= 0.3 is 0 Å². The van der Waals surface area contributed by atoms with Gasteiger partial charge in [0.25, 0.3) is 5.91 Å². The number of hydrogen-bond donors (Lipinski definition) is 2. The number of halogens is 1. The van der Waals surface area contributed by atoms with E-state index in [1.807, 2.05) is 91.0 Å². The minimum atomic E-state index is -0.280. The first-order valence-electron chi connectivity index (χ1n) is 11.2. The number of carbonyl (C=O) groups is 1. The van der Waals surface area contributed by atoms with E-state index in [1.54, 1.807) is 6.07 Å². The van der Waals surface area contributed by atoms with E-state index >= 15 is 0 Å². The van der Waals surface area contributed by atoms with Crippen LogP contribution in [0.4, 0.5) is 5.69 Å². The first kappa shape index (κ1) is 22.2. The summed E-state index contributed by atoms with van der Waals surface area (Å²) in [6.07, 6.45) is 0. The number of hydrogen-bond acceptors (Lipinski definition) is 4. The molecule has 174 valence electrons. The van der Waals surface area contributed by atoms with Gasteiger partial charge in [0.05, 0.1) is 0 Å². The molecule has 0 saturated carbocycles. The minimum absolute atomic E-state index is 0.194. The number of amides is 1. The minimum Gasteiger partial charge on any atom is -0.436 e. The lowest BCUT2D eigenvalue weighted by molar-refractivity contribution is 0.0978. The average Bonchev–Trinajstić information content (AvgIpc) is 3.31. The molecule has 36 heavy (non-hydrogen) atoms. The third-order valence-electron chi connectivity index (χ3n) is 5.98. The SMILES string of the molecule is O=C(NC(=S)Nc1ccc2oc(-c3cccc4c(Cl)cccc34)nc2c1)c1ccc2ccccc2c1. The second-order valence-electron chi connectivity index (χ2n) is 8.31. The lowest BCUT2D eigenvalue weighted by Crippen LogP contribution is -2.34. The highest BCUT2D eigenvalue weighted by molar-refractivity contribution is 7.80. The van der Waals surface area contributed by atoms with Crippen molar-refractivity contribution in [2.75, 3.05) is 5.32 Å². The summed E-state index contributed by atoms with van der Waals surface area (Å²) in [5.41, 5.74) is 3.38. The molecule has 7 heteroatoms. The Morgan fingerprint density at radius 1 is 0.833 bits per heavy atom. The number of thiocarbonyl (C=S) groups is 1. The summed E-state index contributed by atoms with van der Waals surface area (Å²) in [5.74, 6) is 0.222. The Kier molecular flexibility index (Phi) is 5.60. The predicted molar refractivity (Wildman–Crippen MR) is 150 cm³/mol. The second kappa shape index (κ2) is 9.07. The number of carbonyl (C=O) groups excluding carboxylic acids is 1.